The number of nitrogens with one attached hydrogen (secondary N) is 2. The molecule has 2 N–H and O–H groups in total. The summed E-state index contributed by atoms with van der Waals surface area (Å²) in [4.78, 5) is 19.1. The fraction of sp³-hybridized carbons (Fsp3) is 0.235. The summed E-state index contributed by atoms with van der Waals surface area (Å²) in [5.74, 6) is -0.142. The van der Waals surface area contributed by atoms with Crippen LogP contribution < -0.4 is 5.32 Å². The first kappa shape index (κ1) is 15.0. The molecule has 0 aliphatic carbocycles. The van der Waals surface area contributed by atoms with Crippen LogP contribution in [0.2, 0.25) is 0 Å². The third-order valence-electron chi connectivity index (χ3n) is 4.16. The van der Waals surface area contributed by atoms with E-state index in [1.807, 2.05) is 38.1 Å². The number of thioether (sulfide) groups is 1. The Hall–Kier alpha value is -2.54. The zero-order chi connectivity index (χ0) is 16.7. The molecule has 122 valence electrons. The Morgan fingerprint density at radius 2 is 2.08 bits per heavy atom. The zero-order valence-corrected chi connectivity index (χ0v) is 14.3. The number of carbonyl (C=O) groups excluding carboxylic acids is 1. The van der Waals surface area contributed by atoms with Gasteiger partial charge in [0, 0.05) is 23.3 Å². The Labute approximate surface area is 144 Å². The van der Waals surface area contributed by atoms with Gasteiger partial charge >= 0.3 is 0 Å². The number of hydrogen-bond donors (Lipinski definition) is 2. The quantitative estimate of drug-likeness (QED) is 0.901. The number of aliphatic imine (C=N–C) groups is 1. The summed E-state index contributed by atoms with van der Waals surface area (Å²) in [6.45, 7) is 5.46. The molecule has 2 aromatic rings. The van der Waals surface area contributed by atoms with Crippen molar-refractivity contribution >= 4 is 34.2 Å². The van der Waals surface area contributed by atoms with Gasteiger partial charge in [0.05, 0.1) is 23.5 Å². The van der Waals surface area contributed by atoms with Crippen LogP contribution in [0.4, 0.5) is 5.69 Å². The molecule has 3 heterocycles. The van der Waals surface area contributed by atoms with Crippen LogP contribution in [0.1, 0.15) is 27.3 Å². The highest BCUT2D eigenvalue weighted by molar-refractivity contribution is 8.16. The van der Waals surface area contributed by atoms with Crippen molar-refractivity contribution in [3.05, 3.63) is 52.2 Å². The monoisotopic (exact) mass is 339 g/mol. The molecule has 7 heteroatoms. The van der Waals surface area contributed by atoms with Gasteiger partial charge < -0.3 is 10.2 Å². The van der Waals surface area contributed by atoms with E-state index in [9.17, 15) is 4.79 Å². The Morgan fingerprint density at radius 1 is 1.29 bits per heavy atom. The number of aromatic amines is 1. The lowest BCUT2D eigenvalue weighted by atomic mass is 10.1. The zero-order valence-electron chi connectivity index (χ0n) is 13.5. The van der Waals surface area contributed by atoms with Crippen molar-refractivity contribution in [3.63, 3.8) is 0 Å². The van der Waals surface area contributed by atoms with E-state index < -0.39 is 0 Å². The molecule has 24 heavy (non-hydrogen) atoms. The number of hydrogen-bond acceptors (Lipinski definition) is 5. The summed E-state index contributed by atoms with van der Waals surface area (Å²) in [7, 11) is 0. The van der Waals surface area contributed by atoms with Crippen LogP contribution in [0.5, 0.6) is 0 Å². The van der Waals surface area contributed by atoms with Crippen molar-refractivity contribution in [3.8, 4) is 0 Å². The summed E-state index contributed by atoms with van der Waals surface area (Å²) < 4.78 is 0. The highest BCUT2D eigenvalue weighted by atomic mass is 32.2. The number of rotatable bonds is 3. The molecule has 2 aliphatic rings. The minimum Gasteiger partial charge on any atom is -0.322 e. The number of amides is 1. The maximum atomic E-state index is 12.4. The number of nitrogens with zero attached hydrogens (tertiary/aromatic N) is 3. The van der Waals surface area contributed by atoms with Gasteiger partial charge in [0.1, 0.15) is 0 Å². The largest absolute Gasteiger partial charge is 0.322 e. The molecule has 6 nitrogen and oxygen atoms in total. The number of aryl methyl sites for hydroxylation is 2. The molecule has 1 aromatic heterocycles. The summed E-state index contributed by atoms with van der Waals surface area (Å²) in [6, 6.07) is 7.90. The summed E-state index contributed by atoms with van der Waals surface area (Å²) in [5, 5.41) is 13.0. The molecule has 4 rings (SSSR count). The first-order valence-corrected chi connectivity index (χ1v) is 8.63. The van der Waals surface area contributed by atoms with Gasteiger partial charge in [-0.05, 0) is 31.5 Å². The van der Waals surface area contributed by atoms with E-state index >= 15 is 0 Å². The van der Waals surface area contributed by atoms with Crippen molar-refractivity contribution in [2.24, 2.45) is 4.99 Å². The van der Waals surface area contributed by atoms with Crippen molar-refractivity contribution in [1.29, 1.82) is 0 Å². The minimum atomic E-state index is -0.142. The van der Waals surface area contributed by atoms with E-state index in [-0.39, 0.29) is 5.91 Å². The normalized spacial score (nSPS) is 16.0. The third-order valence-corrected chi connectivity index (χ3v) is 5.06. The molecular weight excluding hydrogens is 322 g/mol. The second-order valence-electron chi connectivity index (χ2n) is 5.78. The molecule has 0 unspecified atom stereocenters. The highest BCUT2D eigenvalue weighted by Gasteiger charge is 2.26. The smallest absolute Gasteiger partial charge is 0.259 e. The topological polar surface area (TPSA) is 73.4 Å². The average molecular weight is 339 g/mol. The van der Waals surface area contributed by atoms with Gasteiger partial charge in [-0.3, -0.25) is 14.9 Å². The van der Waals surface area contributed by atoms with Crippen molar-refractivity contribution in [1.82, 2.24) is 15.1 Å². The van der Waals surface area contributed by atoms with Crippen LogP contribution in [-0.2, 0) is 0 Å². The molecule has 0 saturated heterocycles. The first-order valence-electron chi connectivity index (χ1n) is 7.75. The lowest BCUT2D eigenvalue weighted by molar-refractivity contribution is 0.102. The highest BCUT2D eigenvalue weighted by Crippen LogP contribution is 2.35. The van der Waals surface area contributed by atoms with Crippen LogP contribution in [0.3, 0.4) is 0 Å². The summed E-state index contributed by atoms with van der Waals surface area (Å²) in [5.41, 5.74) is 5.15. The number of benzene rings is 1. The van der Waals surface area contributed by atoms with E-state index in [4.69, 9.17) is 0 Å². The number of fused-ring (bicyclic) bond motifs is 1. The molecule has 1 amide bonds. The lowest BCUT2D eigenvalue weighted by Gasteiger charge is -2.16. The lowest BCUT2D eigenvalue weighted by Crippen LogP contribution is -2.19. The van der Waals surface area contributed by atoms with Crippen LogP contribution >= 0.6 is 11.8 Å². The standard InChI is InChI=1S/C17H17N5OS/c1-10-15(11(2)21-20-10)16(23)19-13-5-3-12(4-6-13)14-9-24-17-18-7-8-22(14)17/h3-6,9H,7-8H2,1-2H3,(H,19,23)(H,20,21). The van der Waals surface area contributed by atoms with E-state index in [0.29, 0.717) is 11.3 Å². The molecular formula is C17H17N5OS. The van der Waals surface area contributed by atoms with Gasteiger partial charge in [0.2, 0.25) is 0 Å². The maximum Gasteiger partial charge on any atom is 0.259 e. The molecule has 2 aliphatic heterocycles. The van der Waals surface area contributed by atoms with Gasteiger partial charge in [-0.2, -0.15) is 5.10 Å². The summed E-state index contributed by atoms with van der Waals surface area (Å²) in [6.07, 6.45) is 0. The molecule has 0 radical (unpaired) electrons. The van der Waals surface area contributed by atoms with E-state index in [1.54, 1.807) is 11.8 Å². The predicted octanol–water partition coefficient (Wildman–Crippen LogP) is 3.00. The van der Waals surface area contributed by atoms with Crippen LogP contribution in [0.25, 0.3) is 5.70 Å². The molecule has 0 atom stereocenters. The Bertz CT molecular complexity index is 846. The number of H-pyrrole nitrogens is 1. The van der Waals surface area contributed by atoms with Crippen molar-refractivity contribution < 1.29 is 4.79 Å². The van der Waals surface area contributed by atoms with Gasteiger partial charge in [0.25, 0.3) is 5.91 Å². The molecule has 0 fully saturated rings. The second-order valence-corrected chi connectivity index (χ2v) is 6.61. The minimum absolute atomic E-state index is 0.142. The molecule has 0 spiro atoms. The second kappa shape index (κ2) is 5.83. The molecule has 0 saturated carbocycles. The molecule has 0 bridgehead atoms. The number of amidine groups is 1. The average Bonchev–Trinajstić information content (AvgIpc) is 3.24. The van der Waals surface area contributed by atoms with Gasteiger partial charge in [-0.1, -0.05) is 23.9 Å². The number of aromatic nitrogens is 2. The van der Waals surface area contributed by atoms with Gasteiger partial charge in [-0.25, -0.2) is 0 Å². The van der Waals surface area contributed by atoms with E-state index in [0.717, 1.165) is 35.2 Å². The maximum absolute atomic E-state index is 12.4. The predicted molar refractivity (Wildman–Crippen MR) is 97.0 cm³/mol. The Balaban J connectivity index is 1.51. The first-order chi connectivity index (χ1) is 11.6. The Kier molecular flexibility index (Phi) is 3.65. The molecule has 1 aromatic carbocycles. The fourth-order valence-corrected chi connectivity index (χ4v) is 3.91. The fourth-order valence-electron chi connectivity index (χ4n) is 2.95. The van der Waals surface area contributed by atoms with E-state index in [1.165, 1.54) is 5.70 Å². The van der Waals surface area contributed by atoms with Crippen LogP contribution in [-0.4, -0.2) is 39.3 Å². The SMILES string of the molecule is Cc1n[nH]c(C)c1C(=O)Nc1ccc(C2=CSC3=NCCN23)cc1. The number of anilines is 1. The van der Waals surface area contributed by atoms with Gasteiger partial charge in [0.15, 0.2) is 5.17 Å². The Morgan fingerprint density at radius 3 is 2.79 bits per heavy atom. The van der Waals surface area contributed by atoms with Gasteiger partial charge in [-0.15, -0.1) is 0 Å². The number of carbonyl (C=O) groups is 1. The van der Waals surface area contributed by atoms with Crippen LogP contribution in [0, 0.1) is 13.8 Å². The van der Waals surface area contributed by atoms with Crippen LogP contribution in [0.15, 0.2) is 34.7 Å². The van der Waals surface area contributed by atoms with Crippen molar-refractivity contribution in [2.45, 2.75) is 13.8 Å². The van der Waals surface area contributed by atoms with Crippen molar-refractivity contribution in [2.75, 3.05) is 18.4 Å². The summed E-state index contributed by atoms with van der Waals surface area (Å²) >= 11 is 1.67. The van der Waals surface area contributed by atoms with E-state index in [2.05, 4.69) is 30.8 Å². The third kappa shape index (κ3) is 2.50.